The minimum atomic E-state index is -1.53. The Morgan fingerprint density at radius 1 is 0.685 bits per heavy atom. The number of hydrogen-bond acceptors (Lipinski definition) is 12. The summed E-state index contributed by atoms with van der Waals surface area (Å²) in [6, 6.07) is 24.3. The van der Waals surface area contributed by atoms with Gasteiger partial charge in [-0.15, -0.1) is 0 Å². The van der Waals surface area contributed by atoms with Crippen LogP contribution in [0.15, 0.2) is 91.5 Å². The van der Waals surface area contributed by atoms with E-state index < -0.39 is 23.5 Å². The molecule has 4 saturated heterocycles. The predicted molar refractivity (Wildman–Crippen MR) is 267 cm³/mol. The minimum Gasteiger partial charge on any atom is -0.443 e. The van der Waals surface area contributed by atoms with Crippen LogP contribution in [0.5, 0.6) is 0 Å². The number of aryl methyl sites for hydroxylation is 4. The molecule has 18 heteroatoms. The van der Waals surface area contributed by atoms with Gasteiger partial charge in [0.15, 0.2) is 0 Å². The van der Waals surface area contributed by atoms with Crippen LogP contribution in [-0.2, 0) is 30.3 Å². The lowest BCUT2D eigenvalue weighted by Crippen LogP contribution is -2.43. The number of hydrogen-bond donors (Lipinski definition) is 2. The van der Waals surface area contributed by atoms with Gasteiger partial charge in [0, 0.05) is 99.6 Å². The smallest absolute Gasteiger partial charge is 0.419 e. The van der Waals surface area contributed by atoms with E-state index in [2.05, 4.69) is 10.3 Å². The maximum Gasteiger partial charge on any atom is 0.419 e. The third-order valence-electron chi connectivity index (χ3n) is 13.7. The molecule has 4 aromatic carbocycles. The number of nitrogens with zero attached hydrogens (tertiary/aromatic N) is 6. The Kier molecular flexibility index (Phi) is 17.3. The van der Waals surface area contributed by atoms with Gasteiger partial charge in [0.2, 0.25) is 0 Å². The van der Waals surface area contributed by atoms with E-state index in [1.165, 1.54) is 17.1 Å². The molecule has 3 N–H and O–H groups in total. The summed E-state index contributed by atoms with van der Waals surface area (Å²) in [6.07, 6.45) is 5.44. The van der Waals surface area contributed by atoms with Crippen LogP contribution in [0.3, 0.4) is 0 Å². The molecular formula is C55H60F2N8O8. The van der Waals surface area contributed by atoms with Gasteiger partial charge in [-0.05, 0) is 97.5 Å². The monoisotopic (exact) mass is 998 g/mol. The lowest BCUT2D eigenvalue weighted by atomic mass is 9.85. The number of piperidine rings is 2. The first-order valence-electron chi connectivity index (χ1n) is 24.3. The van der Waals surface area contributed by atoms with E-state index in [0.29, 0.717) is 90.7 Å². The molecule has 2 atom stereocenters. The zero-order valence-corrected chi connectivity index (χ0v) is 41.5. The first-order valence-corrected chi connectivity index (χ1v) is 24.3. The zero-order valence-electron chi connectivity index (χ0n) is 41.5. The van der Waals surface area contributed by atoms with Crippen molar-refractivity contribution in [3.63, 3.8) is 0 Å². The summed E-state index contributed by atoms with van der Waals surface area (Å²) < 4.78 is 53.0. The van der Waals surface area contributed by atoms with Gasteiger partial charge in [-0.3, -0.25) is 14.9 Å². The summed E-state index contributed by atoms with van der Waals surface area (Å²) in [5, 5.41) is 20.6. The second kappa shape index (κ2) is 23.7. The molecule has 4 aliphatic heterocycles. The molecule has 382 valence electrons. The minimum absolute atomic E-state index is 0.101. The number of aromatic nitrogens is 2. The number of anilines is 2. The molecule has 0 aliphatic carbocycles. The number of alkyl halides is 2. The highest BCUT2D eigenvalue weighted by atomic mass is 19.1. The van der Waals surface area contributed by atoms with E-state index in [1.54, 1.807) is 76.7 Å². The van der Waals surface area contributed by atoms with Crippen molar-refractivity contribution in [2.75, 3.05) is 63.7 Å². The summed E-state index contributed by atoms with van der Waals surface area (Å²) in [5.74, 6) is -0.295. The fourth-order valence-electron chi connectivity index (χ4n) is 9.12. The first kappa shape index (κ1) is 53.1. The highest BCUT2D eigenvalue weighted by Crippen LogP contribution is 2.39. The molecule has 0 unspecified atom stereocenters. The molecule has 5 heterocycles. The van der Waals surface area contributed by atoms with Crippen molar-refractivity contribution in [3.8, 4) is 12.1 Å². The van der Waals surface area contributed by atoms with Gasteiger partial charge >= 0.3 is 12.2 Å². The second-order valence-electron chi connectivity index (χ2n) is 18.8. The van der Waals surface area contributed by atoms with Crippen LogP contribution in [0.1, 0.15) is 104 Å². The number of benzene rings is 4. The van der Waals surface area contributed by atoms with Crippen molar-refractivity contribution in [2.45, 2.75) is 89.8 Å². The summed E-state index contributed by atoms with van der Waals surface area (Å²) in [4.78, 5) is 56.8. The second-order valence-corrected chi connectivity index (χ2v) is 18.8. The molecular weight excluding hydrogens is 939 g/mol. The number of imidazole rings is 1. The molecule has 73 heavy (non-hydrogen) atoms. The number of carbonyl (C=O) groups excluding carboxylic acids is 4. The number of nitrogens with one attached hydrogen (secondary N) is 1. The van der Waals surface area contributed by atoms with Gasteiger partial charge < -0.3 is 34.5 Å². The highest BCUT2D eigenvalue weighted by molar-refractivity contribution is 5.98. The maximum absolute atomic E-state index is 15.6. The normalized spacial score (nSPS) is 18.6. The topological polar surface area (TPSA) is 215 Å². The Bertz CT molecular complexity index is 2840. The van der Waals surface area contributed by atoms with E-state index in [9.17, 15) is 19.2 Å². The van der Waals surface area contributed by atoms with Gasteiger partial charge in [0.25, 0.3) is 11.8 Å². The lowest BCUT2D eigenvalue weighted by molar-refractivity contribution is 0.0412. The van der Waals surface area contributed by atoms with Gasteiger partial charge in [-0.2, -0.15) is 10.5 Å². The number of nitriles is 2. The number of nitrogens with two attached hydrogens (primary N) is 1. The number of rotatable bonds is 7. The third-order valence-corrected chi connectivity index (χ3v) is 13.7. The van der Waals surface area contributed by atoms with Gasteiger partial charge in [-0.1, -0.05) is 36.4 Å². The summed E-state index contributed by atoms with van der Waals surface area (Å²) in [5.41, 5.74) is 10.6. The van der Waals surface area contributed by atoms with Crippen molar-refractivity contribution in [3.05, 3.63) is 147 Å². The number of amides is 3. The molecule has 1 aromatic heterocycles. The molecule has 9 rings (SSSR count). The van der Waals surface area contributed by atoms with E-state index in [1.807, 2.05) is 52.0 Å². The predicted octanol–water partition coefficient (Wildman–Crippen LogP) is 9.13. The molecule has 0 saturated carbocycles. The molecule has 0 spiro atoms. The van der Waals surface area contributed by atoms with Gasteiger partial charge in [0.05, 0.1) is 49.7 Å². The van der Waals surface area contributed by atoms with E-state index in [0.717, 1.165) is 28.7 Å². The fraction of sp³-hybridized carbons (Fsp3) is 0.400. The zero-order chi connectivity index (χ0) is 52.3. The van der Waals surface area contributed by atoms with Crippen LogP contribution < -0.4 is 11.1 Å². The lowest BCUT2D eigenvalue weighted by Gasteiger charge is -2.37. The average Bonchev–Trinajstić information content (AvgIpc) is 4.23. The number of likely N-dealkylation sites (tertiary alicyclic amines) is 2. The fourth-order valence-corrected chi connectivity index (χ4v) is 9.12. The van der Waals surface area contributed by atoms with E-state index in [4.69, 9.17) is 35.2 Å². The Labute approximate surface area is 423 Å². The Balaban J connectivity index is 0.000000176. The van der Waals surface area contributed by atoms with E-state index in [-0.39, 0.29) is 62.8 Å². The molecule has 4 aliphatic rings. The van der Waals surface area contributed by atoms with Crippen LogP contribution in [0, 0.1) is 50.4 Å². The molecule has 0 radical (unpaired) electrons. The van der Waals surface area contributed by atoms with Gasteiger partial charge in [0.1, 0.15) is 29.9 Å². The third kappa shape index (κ3) is 13.3. The van der Waals surface area contributed by atoms with Crippen molar-refractivity contribution in [2.24, 2.45) is 0 Å². The van der Waals surface area contributed by atoms with E-state index >= 15 is 8.78 Å². The molecule has 0 bridgehead atoms. The Morgan fingerprint density at radius 3 is 1.59 bits per heavy atom. The largest absolute Gasteiger partial charge is 0.443 e. The average molecular weight is 999 g/mol. The highest BCUT2D eigenvalue weighted by Gasteiger charge is 2.39. The van der Waals surface area contributed by atoms with Gasteiger partial charge in [-0.25, -0.2) is 27.9 Å². The number of nitrogen functional groups attached to an aromatic ring is 1. The van der Waals surface area contributed by atoms with Crippen LogP contribution in [0.4, 0.5) is 29.7 Å². The van der Waals surface area contributed by atoms with Crippen molar-refractivity contribution < 1.29 is 46.9 Å². The van der Waals surface area contributed by atoms with Crippen LogP contribution in [-0.4, -0.2) is 108 Å². The Hall–Kier alpha value is -7.67. The van der Waals surface area contributed by atoms with Crippen molar-refractivity contribution in [1.29, 1.82) is 10.5 Å². The SMILES string of the molecule is Cc1cc(C)c(C(=O)N2CCC(F)(c3ccc(C#N)cc3)CC2)cc1N.Cc1cc(C)c(C(=O)N2CCC(F)(c3ccc(C#N)cc3)CC2)cc1NC(=O)O[C@@H]1CCOC1.O=C(O[C@@H]1CCOC1)n1ccnc1. The summed E-state index contributed by atoms with van der Waals surface area (Å²) in [7, 11) is 0. The quantitative estimate of drug-likeness (QED) is 0.146. The summed E-state index contributed by atoms with van der Waals surface area (Å²) >= 11 is 0. The Morgan fingerprint density at radius 2 is 1.15 bits per heavy atom. The molecule has 4 fully saturated rings. The number of halogens is 2. The molecule has 16 nitrogen and oxygen atoms in total. The maximum atomic E-state index is 15.6. The number of carbonyl (C=O) groups is 4. The standard InChI is InChI=1S/C26H28FN3O4.C21H22FN3O.C8H10N2O3/c1-17-13-18(2)23(29-25(32)34-21-7-12-33-16-21)14-22(17)24(31)30-10-8-26(27,9-11-30)20-5-3-19(15-28)4-6-20;1-14-11-15(2)19(24)12-18(14)20(26)25-9-7-21(22,8-10-25)17-5-3-16(13-23)4-6-17;11-8(10-3-2-9-6-10)13-7-1-4-12-5-7/h3-6,13-14,21H,7-12,16H2,1-2H3,(H,29,32);3-6,11-12H,7-10,24H2,1-2H3;2-3,6-7H,1,4-5H2/t21-;;7-/m1.1/s1. The van der Waals surface area contributed by atoms with Crippen molar-refractivity contribution in [1.82, 2.24) is 19.4 Å². The molecule has 5 aromatic rings. The van der Waals surface area contributed by atoms with Crippen LogP contribution >= 0.6 is 0 Å². The first-order chi connectivity index (χ1) is 35.0. The molecule has 3 amide bonds. The van der Waals surface area contributed by atoms with Crippen molar-refractivity contribution >= 4 is 35.4 Å². The summed E-state index contributed by atoms with van der Waals surface area (Å²) in [6.45, 7) is 10.9. The van der Waals surface area contributed by atoms with Crippen LogP contribution in [0.2, 0.25) is 0 Å². The van der Waals surface area contributed by atoms with Crippen LogP contribution in [0.25, 0.3) is 0 Å². The number of ether oxygens (including phenoxy) is 4.